The van der Waals surface area contributed by atoms with Crippen LogP contribution < -0.4 is 0 Å². The minimum absolute atomic E-state index is 0.552. The van der Waals surface area contributed by atoms with Crippen LogP contribution in [0.4, 0.5) is 0 Å². The molecule has 1 heterocycles. The maximum atomic E-state index is 5.71. The first-order valence-corrected chi connectivity index (χ1v) is 4.96. The fourth-order valence-corrected chi connectivity index (χ4v) is 1.39. The molecule has 0 fully saturated rings. The van der Waals surface area contributed by atoms with Crippen molar-refractivity contribution >= 4 is 17.2 Å². The largest absolute Gasteiger partial charge is 0.244 e. The zero-order valence-corrected chi connectivity index (χ0v) is 8.80. The Balaban J connectivity index is 2.92. The quantitative estimate of drug-likeness (QED) is 0.666. The molecule has 1 rings (SSSR count). The van der Waals surface area contributed by atoms with Gasteiger partial charge >= 0.3 is 0 Å². The van der Waals surface area contributed by atoms with Crippen LogP contribution in [0.1, 0.15) is 32.3 Å². The van der Waals surface area contributed by atoms with Gasteiger partial charge in [-0.05, 0) is 30.0 Å². The Bertz CT molecular complexity index is 287. The van der Waals surface area contributed by atoms with Crippen LogP contribution in [0.25, 0.3) is 5.57 Å². The van der Waals surface area contributed by atoms with E-state index in [1.807, 2.05) is 18.3 Å². The monoisotopic (exact) mass is 195 g/mol. The summed E-state index contributed by atoms with van der Waals surface area (Å²) in [5, 5.41) is 0.552. The van der Waals surface area contributed by atoms with Crippen molar-refractivity contribution in [3.05, 3.63) is 35.1 Å². The smallest absolute Gasteiger partial charge is 0.129 e. The fourth-order valence-electron chi connectivity index (χ4n) is 1.28. The number of allylic oxidation sites excluding steroid dienone is 2. The fraction of sp³-hybridized carbons (Fsp3) is 0.364. The topological polar surface area (TPSA) is 12.9 Å². The third-order valence-corrected chi connectivity index (χ3v) is 2.15. The highest BCUT2D eigenvalue weighted by Crippen LogP contribution is 2.18. The van der Waals surface area contributed by atoms with Gasteiger partial charge in [0, 0.05) is 6.20 Å². The van der Waals surface area contributed by atoms with Gasteiger partial charge in [0.15, 0.2) is 0 Å². The highest BCUT2D eigenvalue weighted by Gasteiger charge is 1.98. The minimum atomic E-state index is 0.552. The van der Waals surface area contributed by atoms with E-state index in [1.165, 1.54) is 11.1 Å². The highest BCUT2D eigenvalue weighted by molar-refractivity contribution is 6.29. The summed E-state index contributed by atoms with van der Waals surface area (Å²) < 4.78 is 0. The maximum Gasteiger partial charge on any atom is 0.129 e. The lowest BCUT2D eigenvalue weighted by atomic mass is 10.0. The second kappa shape index (κ2) is 5.03. The van der Waals surface area contributed by atoms with E-state index >= 15 is 0 Å². The Hall–Kier alpha value is -0.820. The molecule has 0 N–H and O–H groups in total. The third kappa shape index (κ3) is 2.85. The van der Waals surface area contributed by atoms with Crippen molar-refractivity contribution in [3.8, 4) is 0 Å². The lowest BCUT2D eigenvalue weighted by Gasteiger charge is -2.03. The van der Waals surface area contributed by atoms with Crippen LogP contribution in [-0.4, -0.2) is 4.98 Å². The predicted molar refractivity (Wildman–Crippen MR) is 57.8 cm³/mol. The molecule has 0 bridgehead atoms. The molecule has 1 aromatic heterocycles. The minimum Gasteiger partial charge on any atom is -0.244 e. The molecule has 13 heavy (non-hydrogen) atoms. The summed E-state index contributed by atoms with van der Waals surface area (Å²) in [6.45, 7) is 4.29. The SMILES string of the molecule is CC/C=C(\CC)c1ccc(Cl)nc1. The first-order chi connectivity index (χ1) is 6.27. The molecule has 0 saturated heterocycles. The molecule has 0 saturated carbocycles. The second-order valence-electron chi connectivity index (χ2n) is 2.86. The van der Waals surface area contributed by atoms with Crippen LogP contribution >= 0.6 is 11.6 Å². The van der Waals surface area contributed by atoms with Gasteiger partial charge in [-0.25, -0.2) is 4.98 Å². The Morgan fingerprint density at radius 3 is 2.69 bits per heavy atom. The number of aromatic nitrogens is 1. The molecule has 70 valence electrons. The average Bonchev–Trinajstić information content (AvgIpc) is 2.16. The lowest BCUT2D eigenvalue weighted by molar-refractivity contribution is 1.16. The molecule has 0 atom stereocenters. The van der Waals surface area contributed by atoms with Crippen LogP contribution in [0.3, 0.4) is 0 Å². The molecule has 0 aliphatic heterocycles. The van der Waals surface area contributed by atoms with Gasteiger partial charge in [0.25, 0.3) is 0 Å². The van der Waals surface area contributed by atoms with E-state index in [-0.39, 0.29) is 0 Å². The van der Waals surface area contributed by atoms with Gasteiger partial charge in [0.05, 0.1) is 0 Å². The number of hydrogen-bond donors (Lipinski definition) is 0. The summed E-state index contributed by atoms with van der Waals surface area (Å²) in [4.78, 5) is 4.05. The van der Waals surface area contributed by atoms with Gasteiger partial charge in [0.1, 0.15) is 5.15 Å². The third-order valence-electron chi connectivity index (χ3n) is 1.93. The second-order valence-corrected chi connectivity index (χ2v) is 3.25. The first-order valence-electron chi connectivity index (χ1n) is 4.58. The van der Waals surface area contributed by atoms with E-state index in [0.717, 1.165) is 12.8 Å². The van der Waals surface area contributed by atoms with Crippen LogP contribution in [0, 0.1) is 0 Å². The van der Waals surface area contributed by atoms with E-state index in [0.29, 0.717) is 5.15 Å². The molecule has 0 spiro atoms. The Kier molecular flexibility index (Phi) is 3.97. The molecule has 0 aromatic carbocycles. The molecule has 1 aromatic rings. The van der Waals surface area contributed by atoms with Crippen molar-refractivity contribution in [2.75, 3.05) is 0 Å². The maximum absolute atomic E-state index is 5.71. The summed E-state index contributed by atoms with van der Waals surface area (Å²) in [6.07, 6.45) is 6.15. The normalized spacial score (nSPS) is 11.8. The standard InChI is InChI=1S/C11H14ClN/c1-3-5-9(4-2)10-6-7-11(12)13-8-10/h5-8H,3-4H2,1-2H3/b9-5+. The first kappa shape index (κ1) is 10.3. The Morgan fingerprint density at radius 2 is 2.23 bits per heavy atom. The molecule has 2 heteroatoms. The Morgan fingerprint density at radius 1 is 1.46 bits per heavy atom. The van der Waals surface area contributed by atoms with Crippen molar-refractivity contribution in [2.45, 2.75) is 26.7 Å². The molecule has 0 unspecified atom stereocenters. The molecule has 0 aliphatic rings. The Labute approximate surface area is 84.5 Å². The van der Waals surface area contributed by atoms with E-state index < -0.39 is 0 Å². The van der Waals surface area contributed by atoms with Crippen LogP contribution in [0.2, 0.25) is 5.15 Å². The number of pyridine rings is 1. The van der Waals surface area contributed by atoms with Crippen molar-refractivity contribution in [1.82, 2.24) is 4.98 Å². The molecule has 1 nitrogen and oxygen atoms in total. The van der Waals surface area contributed by atoms with E-state index in [2.05, 4.69) is 24.9 Å². The molecular formula is C11H14ClN. The summed E-state index contributed by atoms with van der Waals surface area (Å²) in [5.74, 6) is 0. The van der Waals surface area contributed by atoms with E-state index in [4.69, 9.17) is 11.6 Å². The highest BCUT2D eigenvalue weighted by atomic mass is 35.5. The number of rotatable bonds is 3. The van der Waals surface area contributed by atoms with Crippen LogP contribution in [0.5, 0.6) is 0 Å². The molecule has 0 radical (unpaired) electrons. The summed E-state index contributed by atoms with van der Waals surface area (Å²) in [6, 6.07) is 3.84. The predicted octanol–water partition coefficient (Wildman–Crippen LogP) is 3.94. The average molecular weight is 196 g/mol. The van der Waals surface area contributed by atoms with Crippen molar-refractivity contribution < 1.29 is 0 Å². The summed E-state index contributed by atoms with van der Waals surface area (Å²) in [5.41, 5.74) is 2.51. The van der Waals surface area contributed by atoms with Gasteiger partial charge in [0.2, 0.25) is 0 Å². The van der Waals surface area contributed by atoms with Gasteiger partial charge in [-0.2, -0.15) is 0 Å². The zero-order valence-electron chi connectivity index (χ0n) is 8.05. The van der Waals surface area contributed by atoms with Crippen molar-refractivity contribution in [1.29, 1.82) is 0 Å². The van der Waals surface area contributed by atoms with Gasteiger partial charge < -0.3 is 0 Å². The zero-order chi connectivity index (χ0) is 9.68. The van der Waals surface area contributed by atoms with E-state index in [1.54, 1.807) is 0 Å². The van der Waals surface area contributed by atoms with Gasteiger partial charge in [-0.15, -0.1) is 0 Å². The number of hydrogen-bond acceptors (Lipinski definition) is 1. The lowest BCUT2D eigenvalue weighted by Crippen LogP contribution is -1.84. The molecule has 0 aliphatic carbocycles. The van der Waals surface area contributed by atoms with Crippen LogP contribution in [0.15, 0.2) is 24.4 Å². The van der Waals surface area contributed by atoms with Crippen molar-refractivity contribution in [2.24, 2.45) is 0 Å². The van der Waals surface area contributed by atoms with Gasteiger partial charge in [-0.1, -0.05) is 37.6 Å². The summed E-state index contributed by atoms with van der Waals surface area (Å²) in [7, 11) is 0. The van der Waals surface area contributed by atoms with E-state index in [9.17, 15) is 0 Å². The van der Waals surface area contributed by atoms with Gasteiger partial charge in [-0.3, -0.25) is 0 Å². The molecule has 0 amide bonds. The van der Waals surface area contributed by atoms with Crippen LogP contribution in [-0.2, 0) is 0 Å². The number of halogens is 1. The number of nitrogens with zero attached hydrogens (tertiary/aromatic N) is 1. The summed E-state index contributed by atoms with van der Waals surface area (Å²) >= 11 is 5.71. The van der Waals surface area contributed by atoms with Crippen molar-refractivity contribution in [3.63, 3.8) is 0 Å². The molecular weight excluding hydrogens is 182 g/mol.